The molecule has 2 N–H and O–H groups in total. The molecule has 1 aliphatic rings. The lowest BCUT2D eigenvalue weighted by Gasteiger charge is -2.18. The van der Waals surface area contributed by atoms with Gasteiger partial charge in [-0.15, -0.1) is 0 Å². The Kier molecular flexibility index (Phi) is 5.00. The quantitative estimate of drug-likeness (QED) is 0.645. The molecule has 30 heavy (non-hydrogen) atoms. The molecule has 0 spiro atoms. The van der Waals surface area contributed by atoms with Crippen LogP contribution in [0.25, 0.3) is 11.1 Å². The number of phenols is 1. The monoisotopic (exact) mass is 429 g/mol. The molecule has 2 heterocycles. The summed E-state index contributed by atoms with van der Waals surface area (Å²) in [5.41, 5.74) is 0.721. The summed E-state index contributed by atoms with van der Waals surface area (Å²) in [4.78, 5) is 15.6. The number of carbonyl (C=O) groups is 1. The standard InChI is InChI=1S/C20H16FN3O5S/c21-19-15(7-8-16(25)20(19)24-11-17(26)23-30(24,27)28)14-6-9-18(22-10-14)29-12-13-4-2-1-3-5-13/h1-10,25H,11-12H2,(H,23,26). The fraction of sp³-hybridized carbons (Fsp3) is 0.100. The molecule has 3 aromatic rings. The number of pyridine rings is 1. The number of phenolic OH excluding ortho intramolecular Hbond substituents is 1. The van der Waals surface area contributed by atoms with Crippen molar-refractivity contribution >= 4 is 21.8 Å². The van der Waals surface area contributed by atoms with Crippen molar-refractivity contribution in [1.82, 2.24) is 9.71 Å². The van der Waals surface area contributed by atoms with Crippen molar-refractivity contribution in [1.29, 1.82) is 0 Å². The molecule has 0 unspecified atom stereocenters. The molecule has 0 bridgehead atoms. The van der Waals surface area contributed by atoms with Gasteiger partial charge in [-0.05, 0) is 23.8 Å². The molecule has 4 rings (SSSR count). The zero-order valence-corrected chi connectivity index (χ0v) is 16.3. The van der Waals surface area contributed by atoms with Crippen LogP contribution >= 0.6 is 0 Å². The Hall–Kier alpha value is -3.66. The fourth-order valence-corrected chi connectivity index (χ4v) is 4.18. The summed E-state index contributed by atoms with van der Waals surface area (Å²) in [5.74, 6) is -2.08. The van der Waals surface area contributed by atoms with Crippen LogP contribution in [0.1, 0.15) is 5.56 Å². The summed E-state index contributed by atoms with van der Waals surface area (Å²) in [6, 6.07) is 15.1. The van der Waals surface area contributed by atoms with E-state index in [1.54, 1.807) is 16.9 Å². The van der Waals surface area contributed by atoms with Crippen molar-refractivity contribution in [3.8, 4) is 22.8 Å². The molecule has 0 aliphatic carbocycles. The fourth-order valence-electron chi connectivity index (χ4n) is 3.02. The average molecular weight is 429 g/mol. The largest absolute Gasteiger partial charge is 0.506 e. The van der Waals surface area contributed by atoms with Crippen molar-refractivity contribution in [3.63, 3.8) is 0 Å². The summed E-state index contributed by atoms with van der Waals surface area (Å²) in [5, 5.41) is 10.0. The molecule has 8 nitrogen and oxygen atoms in total. The summed E-state index contributed by atoms with van der Waals surface area (Å²) in [7, 11) is -4.28. The smallest absolute Gasteiger partial charge is 0.326 e. The first-order chi connectivity index (χ1) is 14.3. The van der Waals surface area contributed by atoms with E-state index in [1.165, 1.54) is 12.3 Å². The number of carbonyl (C=O) groups excluding carboxylic acids is 1. The highest BCUT2D eigenvalue weighted by Gasteiger charge is 2.38. The first-order valence-electron chi connectivity index (χ1n) is 8.83. The van der Waals surface area contributed by atoms with E-state index in [4.69, 9.17) is 4.74 Å². The summed E-state index contributed by atoms with van der Waals surface area (Å²) < 4.78 is 47.1. The summed E-state index contributed by atoms with van der Waals surface area (Å²) in [6.45, 7) is -0.306. The van der Waals surface area contributed by atoms with Crippen LogP contribution < -0.4 is 13.8 Å². The zero-order valence-electron chi connectivity index (χ0n) is 15.4. The van der Waals surface area contributed by atoms with Crippen molar-refractivity contribution < 1.29 is 27.4 Å². The first kappa shape index (κ1) is 19.6. The number of ether oxygens (including phenoxy) is 1. The lowest BCUT2D eigenvalue weighted by atomic mass is 10.1. The molecular weight excluding hydrogens is 413 g/mol. The van der Waals surface area contributed by atoms with Crippen molar-refractivity contribution in [3.05, 3.63) is 72.2 Å². The van der Waals surface area contributed by atoms with E-state index in [1.807, 2.05) is 30.3 Å². The van der Waals surface area contributed by atoms with E-state index in [0.29, 0.717) is 22.4 Å². The molecular formula is C20H16FN3O5S. The van der Waals surface area contributed by atoms with Crippen molar-refractivity contribution in [2.45, 2.75) is 6.61 Å². The van der Waals surface area contributed by atoms with Crippen molar-refractivity contribution in [2.75, 3.05) is 10.8 Å². The zero-order chi connectivity index (χ0) is 21.3. The van der Waals surface area contributed by atoms with Crippen LogP contribution in [-0.4, -0.2) is 31.0 Å². The van der Waals surface area contributed by atoms with Gasteiger partial charge in [0.15, 0.2) is 5.82 Å². The number of nitrogens with zero attached hydrogens (tertiary/aromatic N) is 2. The van der Waals surface area contributed by atoms with Crippen LogP contribution in [0.15, 0.2) is 60.8 Å². The van der Waals surface area contributed by atoms with Gasteiger partial charge in [0.05, 0.1) is 0 Å². The Balaban J connectivity index is 1.61. The van der Waals surface area contributed by atoms with Gasteiger partial charge < -0.3 is 9.84 Å². The van der Waals surface area contributed by atoms with Crippen molar-refractivity contribution in [2.24, 2.45) is 0 Å². The van der Waals surface area contributed by atoms with Gasteiger partial charge in [0.1, 0.15) is 24.6 Å². The Labute approximate surface area is 171 Å². The van der Waals surface area contributed by atoms with Gasteiger partial charge >= 0.3 is 10.2 Å². The second-order valence-corrected chi connectivity index (χ2v) is 8.09. The minimum atomic E-state index is -4.28. The van der Waals surface area contributed by atoms with Gasteiger partial charge in [0, 0.05) is 23.4 Å². The second-order valence-electron chi connectivity index (χ2n) is 6.49. The third kappa shape index (κ3) is 3.77. The number of aromatic hydroxyl groups is 1. The summed E-state index contributed by atoms with van der Waals surface area (Å²) >= 11 is 0. The van der Waals surface area contributed by atoms with Gasteiger partial charge in [-0.1, -0.05) is 30.3 Å². The highest BCUT2D eigenvalue weighted by molar-refractivity contribution is 7.92. The van der Waals surface area contributed by atoms with Gasteiger partial charge in [0.2, 0.25) is 5.88 Å². The van der Waals surface area contributed by atoms with Gasteiger partial charge in [-0.25, -0.2) is 18.4 Å². The minimum Gasteiger partial charge on any atom is -0.506 e. The van der Waals surface area contributed by atoms with E-state index in [2.05, 4.69) is 4.98 Å². The molecule has 0 saturated carbocycles. The predicted octanol–water partition coefficient (Wildman–Crippen LogP) is 2.35. The maximum absolute atomic E-state index is 15.1. The molecule has 154 valence electrons. The van der Waals surface area contributed by atoms with E-state index < -0.39 is 39.9 Å². The van der Waals surface area contributed by atoms with Gasteiger partial charge in [-0.3, -0.25) is 4.79 Å². The lowest BCUT2D eigenvalue weighted by molar-refractivity contribution is -0.117. The average Bonchev–Trinajstić information content (AvgIpc) is 3.00. The normalized spacial score (nSPS) is 15.1. The van der Waals surface area contributed by atoms with E-state index in [9.17, 15) is 18.3 Å². The Morgan fingerprint density at radius 1 is 1.13 bits per heavy atom. The second kappa shape index (κ2) is 7.64. The molecule has 1 aliphatic heterocycles. The van der Waals surface area contributed by atoms with Crippen LogP contribution in [-0.2, 0) is 21.6 Å². The maximum atomic E-state index is 15.1. The number of nitrogens with one attached hydrogen (secondary N) is 1. The molecule has 10 heteroatoms. The van der Waals surface area contributed by atoms with Crippen LogP contribution in [0.2, 0.25) is 0 Å². The third-order valence-electron chi connectivity index (χ3n) is 4.44. The molecule has 1 fully saturated rings. The van der Waals surface area contributed by atoms with E-state index in [0.717, 1.165) is 11.6 Å². The molecule has 1 amide bonds. The Bertz CT molecular complexity index is 1200. The Morgan fingerprint density at radius 2 is 1.90 bits per heavy atom. The number of hydrogen-bond donors (Lipinski definition) is 2. The van der Waals surface area contributed by atoms with Gasteiger partial charge in [-0.2, -0.15) is 8.42 Å². The number of hydrogen-bond acceptors (Lipinski definition) is 6. The number of aromatic nitrogens is 1. The number of rotatable bonds is 5. The van der Waals surface area contributed by atoms with Gasteiger partial charge in [0.25, 0.3) is 5.91 Å². The predicted molar refractivity (Wildman–Crippen MR) is 106 cm³/mol. The molecule has 0 radical (unpaired) electrons. The number of amides is 1. The number of halogens is 1. The lowest BCUT2D eigenvalue weighted by Crippen LogP contribution is -2.30. The highest BCUT2D eigenvalue weighted by Crippen LogP contribution is 2.38. The topological polar surface area (TPSA) is 109 Å². The summed E-state index contributed by atoms with van der Waals surface area (Å²) in [6.07, 6.45) is 1.38. The number of anilines is 1. The molecule has 1 aromatic heterocycles. The Morgan fingerprint density at radius 3 is 2.53 bits per heavy atom. The third-order valence-corrected chi connectivity index (χ3v) is 5.82. The minimum absolute atomic E-state index is 0.0134. The van der Waals surface area contributed by atoms with Crippen LogP contribution in [0.5, 0.6) is 11.6 Å². The first-order valence-corrected chi connectivity index (χ1v) is 10.3. The van der Waals surface area contributed by atoms with Crippen LogP contribution in [0.3, 0.4) is 0 Å². The molecule has 1 saturated heterocycles. The van der Waals surface area contributed by atoms with E-state index >= 15 is 4.39 Å². The van der Waals surface area contributed by atoms with Crippen LogP contribution in [0, 0.1) is 5.82 Å². The van der Waals surface area contributed by atoms with E-state index in [-0.39, 0.29) is 5.56 Å². The maximum Gasteiger partial charge on any atom is 0.326 e. The highest BCUT2D eigenvalue weighted by atomic mass is 32.2. The SMILES string of the molecule is O=C1CN(c2c(O)ccc(-c3ccc(OCc4ccccc4)nc3)c2F)S(=O)(=O)N1. The number of benzene rings is 2. The molecule has 0 atom stereocenters. The molecule has 2 aromatic carbocycles. The van der Waals surface area contributed by atoms with Crippen LogP contribution in [0.4, 0.5) is 10.1 Å².